The van der Waals surface area contributed by atoms with Crippen LogP contribution in [-0.4, -0.2) is 14.8 Å². The van der Waals surface area contributed by atoms with Gasteiger partial charge in [-0.2, -0.15) is 10.4 Å². The van der Waals surface area contributed by atoms with Gasteiger partial charge in [-0.3, -0.25) is 4.68 Å². The van der Waals surface area contributed by atoms with Crippen LogP contribution in [0.3, 0.4) is 0 Å². The monoisotopic (exact) mass is 207 g/mol. The zero-order valence-corrected chi connectivity index (χ0v) is 9.44. The summed E-state index contributed by atoms with van der Waals surface area (Å²) in [5.41, 5.74) is 5.33. The Balaban J connectivity index is 2.56. The minimum Gasteiger partial charge on any atom is -0.321 e. The van der Waals surface area contributed by atoms with Gasteiger partial charge in [0, 0.05) is 6.54 Å². The maximum absolute atomic E-state index is 8.85. The first-order chi connectivity index (χ1) is 6.94. The largest absolute Gasteiger partial charge is 0.321 e. The Hall–Kier alpha value is -1.41. The van der Waals surface area contributed by atoms with Crippen molar-refractivity contribution in [2.75, 3.05) is 0 Å². The molecule has 0 aliphatic carbocycles. The summed E-state index contributed by atoms with van der Waals surface area (Å²) >= 11 is 0. The molecule has 0 aliphatic heterocycles. The van der Waals surface area contributed by atoms with Gasteiger partial charge in [-0.15, -0.1) is 0 Å². The van der Waals surface area contributed by atoms with Crippen LogP contribution in [0.5, 0.6) is 0 Å². The van der Waals surface area contributed by atoms with Gasteiger partial charge in [0.25, 0.3) is 0 Å². The first kappa shape index (κ1) is 11.7. The highest BCUT2D eigenvalue weighted by Gasteiger charge is 2.16. The molecule has 82 valence electrons. The van der Waals surface area contributed by atoms with E-state index in [9.17, 15) is 0 Å². The van der Waals surface area contributed by atoms with Gasteiger partial charge in [0.05, 0.1) is 17.5 Å². The van der Waals surface area contributed by atoms with Crippen molar-refractivity contribution in [3.63, 3.8) is 0 Å². The number of aromatic nitrogens is 3. The molecule has 1 aromatic rings. The highest BCUT2D eigenvalue weighted by atomic mass is 15.3. The molecule has 0 bridgehead atoms. The summed E-state index contributed by atoms with van der Waals surface area (Å²) in [6.45, 7) is 6.37. The van der Waals surface area contributed by atoms with Gasteiger partial charge < -0.3 is 5.73 Å². The molecule has 0 aliphatic rings. The van der Waals surface area contributed by atoms with Crippen molar-refractivity contribution in [2.45, 2.75) is 39.8 Å². The van der Waals surface area contributed by atoms with Crippen LogP contribution in [0.1, 0.15) is 39.1 Å². The molecule has 0 spiro atoms. The molecule has 0 radical (unpaired) electrons. The molecule has 1 aromatic heterocycles. The molecule has 1 unspecified atom stereocenters. The number of nitrogens with two attached hydrogens (primary N) is 1. The van der Waals surface area contributed by atoms with Crippen molar-refractivity contribution < 1.29 is 0 Å². The van der Waals surface area contributed by atoms with E-state index in [1.807, 2.05) is 20.8 Å². The lowest BCUT2D eigenvalue weighted by atomic mass is 9.92. The average molecular weight is 207 g/mol. The van der Waals surface area contributed by atoms with Gasteiger partial charge in [-0.1, -0.05) is 0 Å². The molecule has 0 fully saturated rings. The van der Waals surface area contributed by atoms with E-state index in [0.29, 0.717) is 12.4 Å². The standard InChI is InChI=1S/C10H17N5/c1-8(12)9-13-7-15(14-9)5-4-10(2,3)6-11/h7-8H,4-5,12H2,1-3H3. The Morgan fingerprint density at radius 2 is 2.33 bits per heavy atom. The van der Waals surface area contributed by atoms with Gasteiger partial charge in [0.2, 0.25) is 0 Å². The maximum atomic E-state index is 8.85. The molecule has 1 atom stereocenters. The van der Waals surface area contributed by atoms with Crippen molar-refractivity contribution in [3.05, 3.63) is 12.2 Å². The van der Waals surface area contributed by atoms with Crippen LogP contribution in [0.2, 0.25) is 0 Å². The Kier molecular flexibility index (Phi) is 3.43. The molecular weight excluding hydrogens is 190 g/mol. The molecule has 5 heteroatoms. The van der Waals surface area contributed by atoms with Crippen molar-refractivity contribution >= 4 is 0 Å². The SMILES string of the molecule is CC(N)c1ncn(CCC(C)(C)C#N)n1. The lowest BCUT2D eigenvalue weighted by molar-refractivity contribution is 0.397. The summed E-state index contributed by atoms with van der Waals surface area (Å²) in [5.74, 6) is 0.643. The average Bonchev–Trinajstić information content (AvgIpc) is 2.63. The van der Waals surface area contributed by atoms with Crippen LogP contribution in [0, 0.1) is 16.7 Å². The second-order valence-corrected chi connectivity index (χ2v) is 4.40. The summed E-state index contributed by atoms with van der Waals surface area (Å²) in [4.78, 5) is 4.09. The van der Waals surface area contributed by atoms with E-state index in [1.54, 1.807) is 11.0 Å². The second-order valence-electron chi connectivity index (χ2n) is 4.40. The van der Waals surface area contributed by atoms with Crippen molar-refractivity contribution in [1.82, 2.24) is 14.8 Å². The van der Waals surface area contributed by atoms with Gasteiger partial charge in [-0.25, -0.2) is 4.98 Å². The first-order valence-electron chi connectivity index (χ1n) is 5.01. The van der Waals surface area contributed by atoms with E-state index >= 15 is 0 Å². The Labute approximate surface area is 89.9 Å². The zero-order chi connectivity index (χ0) is 11.5. The van der Waals surface area contributed by atoms with Crippen LogP contribution < -0.4 is 5.73 Å². The van der Waals surface area contributed by atoms with E-state index in [4.69, 9.17) is 11.0 Å². The first-order valence-corrected chi connectivity index (χ1v) is 5.01. The minimum absolute atomic E-state index is 0.143. The third kappa shape index (κ3) is 3.33. The summed E-state index contributed by atoms with van der Waals surface area (Å²) in [6.07, 6.45) is 2.41. The molecule has 0 aromatic carbocycles. The molecule has 5 nitrogen and oxygen atoms in total. The van der Waals surface area contributed by atoms with Gasteiger partial charge >= 0.3 is 0 Å². The molecule has 2 N–H and O–H groups in total. The fourth-order valence-electron chi connectivity index (χ4n) is 1.08. The van der Waals surface area contributed by atoms with Crippen LogP contribution in [0.15, 0.2) is 6.33 Å². The Morgan fingerprint density at radius 3 is 2.80 bits per heavy atom. The summed E-state index contributed by atoms with van der Waals surface area (Å²) < 4.78 is 1.73. The normalized spacial score (nSPS) is 13.5. The molecule has 0 saturated heterocycles. The minimum atomic E-state index is -0.319. The van der Waals surface area contributed by atoms with Crippen molar-refractivity contribution in [1.29, 1.82) is 5.26 Å². The van der Waals surface area contributed by atoms with E-state index in [-0.39, 0.29) is 11.5 Å². The summed E-state index contributed by atoms with van der Waals surface area (Å²) in [7, 11) is 0. The van der Waals surface area contributed by atoms with Crippen LogP contribution in [0.25, 0.3) is 0 Å². The second kappa shape index (κ2) is 4.41. The lowest BCUT2D eigenvalue weighted by Gasteiger charge is -2.13. The summed E-state index contributed by atoms with van der Waals surface area (Å²) in [5, 5.41) is 13.1. The number of aryl methyl sites for hydroxylation is 1. The quantitative estimate of drug-likeness (QED) is 0.805. The van der Waals surface area contributed by atoms with E-state index < -0.39 is 0 Å². The lowest BCUT2D eigenvalue weighted by Crippen LogP contribution is -2.13. The Bertz CT molecular complexity index is 358. The van der Waals surface area contributed by atoms with Crippen LogP contribution in [-0.2, 0) is 6.54 Å². The molecule has 1 heterocycles. The van der Waals surface area contributed by atoms with E-state index in [0.717, 1.165) is 6.42 Å². The predicted octanol–water partition coefficient (Wildman–Crippen LogP) is 1.24. The van der Waals surface area contributed by atoms with Crippen molar-refractivity contribution in [3.8, 4) is 6.07 Å². The van der Waals surface area contributed by atoms with E-state index in [1.165, 1.54) is 0 Å². The fraction of sp³-hybridized carbons (Fsp3) is 0.700. The van der Waals surface area contributed by atoms with Gasteiger partial charge in [0.1, 0.15) is 6.33 Å². The zero-order valence-electron chi connectivity index (χ0n) is 9.44. The van der Waals surface area contributed by atoms with Crippen molar-refractivity contribution in [2.24, 2.45) is 11.1 Å². The number of nitriles is 1. The predicted molar refractivity (Wildman–Crippen MR) is 56.6 cm³/mol. The maximum Gasteiger partial charge on any atom is 0.166 e. The highest BCUT2D eigenvalue weighted by molar-refractivity contribution is 4.92. The smallest absolute Gasteiger partial charge is 0.166 e. The topological polar surface area (TPSA) is 80.5 Å². The third-order valence-corrected chi connectivity index (χ3v) is 2.23. The highest BCUT2D eigenvalue weighted by Crippen LogP contribution is 2.19. The van der Waals surface area contributed by atoms with Gasteiger partial charge in [-0.05, 0) is 27.2 Å². The number of hydrogen-bond donors (Lipinski definition) is 1. The third-order valence-electron chi connectivity index (χ3n) is 2.23. The molecule has 15 heavy (non-hydrogen) atoms. The Morgan fingerprint density at radius 1 is 1.67 bits per heavy atom. The van der Waals surface area contributed by atoms with Crippen LogP contribution in [0.4, 0.5) is 0 Å². The number of nitrogens with zero attached hydrogens (tertiary/aromatic N) is 4. The molecule has 0 amide bonds. The number of hydrogen-bond acceptors (Lipinski definition) is 4. The molecule has 0 saturated carbocycles. The van der Waals surface area contributed by atoms with Crippen LogP contribution >= 0.6 is 0 Å². The van der Waals surface area contributed by atoms with E-state index in [2.05, 4.69) is 16.2 Å². The fourth-order valence-corrected chi connectivity index (χ4v) is 1.08. The summed E-state index contributed by atoms with van der Waals surface area (Å²) in [6, 6.07) is 2.11. The molecule has 1 rings (SSSR count). The number of rotatable bonds is 4. The van der Waals surface area contributed by atoms with Gasteiger partial charge in [0.15, 0.2) is 5.82 Å². The molecular formula is C10H17N5.